The second-order valence-electron chi connectivity index (χ2n) is 4.92. The van der Waals surface area contributed by atoms with Gasteiger partial charge in [0.15, 0.2) is 0 Å². The Balaban J connectivity index is 0.00000180. The SMILES string of the molecule is CCCc1nnc(NC(=O)C2(N)CCCCC2)s1.Cl. The number of anilines is 1. The fourth-order valence-electron chi connectivity index (χ4n) is 2.25. The fraction of sp³-hybridized carbons (Fsp3) is 0.750. The van der Waals surface area contributed by atoms with Crippen molar-refractivity contribution in [3.8, 4) is 0 Å². The lowest BCUT2D eigenvalue weighted by Crippen LogP contribution is -2.52. The first-order valence-electron chi connectivity index (χ1n) is 6.57. The van der Waals surface area contributed by atoms with Crippen molar-refractivity contribution in [1.82, 2.24) is 10.2 Å². The molecule has 2 rings (SSSR count). The van der Waals surface area contributed by atoms with E-state index in [2.05, 4.69) is 22.4 Å². The van der Waals surface area contributed by atoms with Crippen molar-refractivity contribution in [2.75, 3.05) is 5.32 Å². The van der Waals surface area contributed by atoms with Crippen LogP contribution in [0.2, 0.25) is 0 Å². The van der Waals surface area contributed by atoms with Gasteiger partial charge in [-0.05, 0) is 19.3 Å². The molecule has 1 fully saturated rings. The topological polar surface area (TPSA) is 80.9 Å². The number of carbonyl (C=O) groups is 1. The molecule has 1 aromatic heterocycles. The standard InChI is InChI=1S/C12H20N4OS.ClH/c1-2-6-9-15-16-11(18-9)14-10(17)12(13)7-4-3-5-8-12;/h2-8,13H2,1H3,(H,14,16,17);1H. The van der Waals surface area contributed by atoms with Gasteiger partial charge in [-0.15, -0.1) is 22.6 Å². The van der Waals surface area contributed by atoms with E-state index in [-0.39, 0.29) is 18.3 Å². The molecule has 1 saturated carbocycles. The number of nitrogens with two attached hydrogens (primary N) is 1. The van der Waals surface area contributed by atoms with E-state index in [1.165, 1.54) is 17.8 Å². The van der Waals surface area contributed by atoms with E-state index in [9.17, 15) is 4.79 Å². The van der Waals surface area contributed by atoms with E-state index >= 15 is 0 Å². The van der Waals surface area contributed by atoms with Gasteiger partial charge in [-0.3, -0.25) is 10.1 Å². The van der Waals surface area contributed by atoms with Gasteiger partial charge in [0.05, 0.1) is 5.54 Å². The van der Waals surface area contributed by atoms with Gasteiger partial charge in [-0.1, -0.05) is 37.5 Å². The van der Waals surface area contributed by atoms with Crippen molar-refractivity contribution in [3.05, 3.63) is 5.01 Å². The van der Waals surface area contributed by atoms with Crippen LogP contribution in [0.4, 0.5) is 5.13 Å². The maximum atomic E-state index is 12.2. The summed E-state index contributed by atoms with van der Waals surface area (Å²) in [5.41, 5.74) is 5.45. The Morgan fingerprint density at radius 1 is 1.37 bits per heavy atom. The average molecular weight is 305 g/mol. The van der Waals surface area contributed by atoms with Gasteiger partial charge in [-0.25, -0.2) is 0 Å². The largest absolute Gasteiger partial charge is 0.317 e. The van der Waals surface area contributed by atoms with Gasteiger partial charge >= 0.3 is 0 Å². The molecular formula is C12H21ClN4OS. The number of rotatable bonds is 4. The molecule has 3 N–H and O–H groups in total. The van der Waals surface area contributed by atoms with E-state index < -0.39 is 5.54 Å². The van der Waals surface area contributed by atoms with Crippen molar-refractivity contribution < 1.29 is 4.79 Å². The Kier molecular flexibility index (Phi) is 6.16. The zero-order valence-electron chi connectivity index (χ0n) is 11.1. The molecule has 1 amide bonds. The van der Waals surface area contributed by atoms with Crippen LogP contribution in [0.15, 0.2) is 0 Å². The fourth-order valence-corrected chi connectivity index (χ4v) is 3.09. The molecule has 1 heterocycles. The Hall–Kier alpha value is -0.720. The van der Waals surface area contributed by atoms with Gasteiger partial charge in [0.25, 0.3) is 0 Å². The second kappa shape index (κ2) is 7.17. The molecule has 1 aliphatic rings. The second-order valence-corrected chi connectivity index (χ2v) is 5.98. The van der Waals surface area contributed by atoms with Gasteiger partial charge in [0.2, 0.25) is 11.0 Å². The van der Waals surface area contributed by atoms with Crippen LogP contribution in [0.1, 0.15) is 50.5 Å². The van der Waals surface area contributed by atoms with Crippen molar-refractivity contribution in [1.29, 1.82) is 0 Å². The molecule has 0 saturated heterocycles. The molecule has 19 heavy (non-hydrogen) atoms. The third-order valence-electron chi connectivity index (χ3n) is 3.35. The first-order chi connectivity index (χ1) is 8.64. The molecule has 1 aliphatic carbocycles. The van der Waals surface area contributed by atoms with E-state index in [4.69, 9.17) is 5.73 Å². The number of aryl methyl sites for hydroxylation is 1. The molecule has 0 unspecified atom stereocenters. The Morgan fingerprint density at radius 2 is 2.05 bits per heavy atom. The molecule has 7 heteroatoms. The van der Waals surface area contributed by atoms with Crippen LogP contribution in [0, 0.1) is 0 Å². The lowest BCUT2D eigenvalue weighted by atomic mass is 9.82. The summed E-state index contributed by atoms with van der Waals surface area (Å²) in [7, 11) is 0. The van der Waals surface area contributed by atoms with Gasteiger partial charge in [0, 0.05) is 6.42 Å². The normalized spacial score (nSPS) is 17.6. The van der Waals surface area contributed by atoms with Crippen LogP contribution < -0.4 is 11.1 Å². The summed E-state index contributed by atoms with van der Waals surface area (Å²) in [6.45, 7) is 2.09. The van der Waals surface area contributed by atoms with Crippen LogP contribution >= 0.6 is 23.7 Å². The summed E-state index contributed by atoms with van der Waals surface area (Å²) in [6.07, 6.45) is 6.69. The minimum absolute atomic E-state index is 0. The van der Waals surface area contributed by atoms with E-state index in [0.717, 1.165) is 43.5 Å². The Labute approximate surface area is 123 Å². The summed E-state index contributed by atoms with van der Waals surface area (Å²) in [4.78, 5) is 12.2. The number of aromatic nitrogens is 2. The Bertz CT molecular complexity index is 418. The number of nitrogens with zero attached hydrogens (tertiary/aromatic N) is 2. The molecule has 0 atom stereocenters. The minimum Gasteiger partial charge on any atom is -0.317 e. The molecule has 108 valence electrons. The van der Waals surface area contributed by atoms with Crippen molar-refractivity contribution in [3.63, 3.8) is 0 Å². The summed E-state index contributed by atoms with van der Waals surface area (Å²) in [5, 5.41) is 12.4. The summed E-state index contributed by atoms with van der Waals surface area (Å²) in [6, 6.07) is 0. The first-order valence-corrected chi connectivity index (χ1v) is 7.38. The summed E-state index contributed by atoms with van der Waals surface area (Å²) in [5.74, 6) is -0.110. The number of amides is 1. The van der Waals surface area contributed by atoms with Crippen LogP contribution in [-0.4, -0.2) is 21.6 Å². The number of carbonyl (C=O) groups excluding carboxylic acids is 1. The smallest absolute Gasteiger partial charge is 0.246 e. The third-order valence-corrected chi connectivity index (χ3v) is 4.25. The zero-order chi connectivity index (χ0) is 13.0. The average Bonchev–Trinajstić information content (AvgIpc) is 2.78. The quantitative estimate of drug-likeness (QED) is 0.895. The lowest BCUT2D eigenvalue weighted by Gasteiger charge is -2.31. The van der Waals surface area contributed by atoms with Gasteiger partial charge < -0.3 is 5.73 Å². The predicted octanol–water partition coefficient (Wildman–Crippen LogP) is 2.51. The number of halogens is 1. The molecule has 5 nitrogen and oxygen atoms in total. The number of nitrogens with one attached hydrogen (secondary N) is 1. The highest BCUT2D eigenvalue weighted by Gasteiger charge is 2.35. The van der Waals surface area contributed by atoms with Crippen molar-refractivity contribution in [2.24, 2.45) is 5.73 Å². The minimum atomic E-state index is -0.713. The summed E-state index contributed by atoms with van der Waals surface area (Å²) >= 11 is 1.44. The molecule has 0 aliphatic heterocycles. The van der Waals surface area contributed by atoms with Crippen LogP contribution in [0.5, 0.6) is 0 Å². The van der Waals surface area contributed by atoms with E-state index in [1.54, 1.807) is 0 Å². The van der Waals surface area contributed by atoms with Gasteiger partial charge in [-0.2, -0.15) is 0 Å². The highest BCUT2D eigenvalue weighted by atomic mass is 35.5. The molecule has 0 aromatic carbocycles. The lowest BCUT2D eigenvalue weighted by molar-refractivity contribution is -0.122. The van der Waals surface area contributed by atoms with Crippen LogP contribution in [-0.2, 0) is 11.2 Å². The van der Waals surface area contributed by atoms with Crippen LogP contribution in [0.3, 0.4) is 0 Å². The van der Waals surface area contributed by atoms with Gasteiger partial charge in [0.1, 0.15) is 5.01 Å². The zero-order valence-corrected chi connectivity index (χ0v) is 12.8. The molecule has 0 radical (unpaired) electrons. The molecule has 0 bridgehead atoms. The first kappa shape index (κ1) is 16.3. The summed E-state index contributed by atoms with van der Waals surface area (Å²) < 4.78 is 0. The highest BCUT2D eigenvalue weighted by molar-refractivity contribution is 7.15. The monoisotopic (exact) mass is 304 g/mol. The molecule has 0 spiro atoms. The van der Waals surface area contributed by atoms with Crippen molar-refractivity contribution >= 4 is 34.8 Å². The highest BCUT2D eigenvalue weighted by Crippen LogP contribution is 2.27. The maximum absolute atomic E-state index is 12.2. The van der Waals surface area contributed by atoms with Crippen LogP contribution in [0.25, 0.3) is 0 Å². The van der Waals surface area contributed by atoms with Crippen molar-refractivity contribution in [2.45, 2.75) is 57.4 Å². The maximum Gasteiger partial charge on any atom is 0.246 e. The molecular weight excluding hydrogens is 284 g/mol. The van der Waals surface area contributed by atoms with E-state index in [1.807, 2.05) is 0 Å². The van der Waals surface area contributed by atoms with E-state index in [0.29, 0.717) is 5.13 Å². The Morgan fingerprint density at radius 3 is 2.68 bits per heavy atom. The predicted molar refractivity (Wildman–Crippen MR) is 79.8 cm³/mol. The third kappa shape index (κ3) is 4.12. The molecule has 1 aromatic rings. The number of hydrogen-bond acceptors (Lipinski definition) is 5. The number of hydrogen-bond donors (Lipinski definition) is 2.